The Balaban J connectivity index is 2.19. The summed E-state index contributed by atoms with van der Waals surface area (Å²) in [6.45, 7) is 0. The van der Waals surface area contributed by atoms with Crippen LogP contribution in [-0.4, -0.2) is 38.6 Å². The van der Waals surface area contributed by atoms with Gasteiger partial charge in [0.1, 0.15) is 23.0 Å². The van der Waals surface area contributed by atoms with E-state index in [1.807, 2.05) is 0 Å². The minimum atomic E-state index is -0.405. The zero-order valence-electron chi connectivity index (χ0n) is 13.6. The van der Waals surface area contributed by atoms with Crippen molar-refractivity contribution in [2.75, 3.05) is 21.3 Å². The molecule has 2 rings (SSSR count). The van der Waals surface area contributed by atoms with Gasteiger partial charge in [0.15, 0.2) is 0 Å². The maximum Gasteiger partial charge on any atom is 0.271 e. The molecule has 0 aliphatic carbocycles. The molecule has 1 amide bonds. The van der Waals surface area contributed by atoms with Gasteiger partial charge in [-0.15, -0.1) is 0 Å². The Bertz CT molecular complexity index is 716. The number of nitrogens with one attached hydrogen (secondary N) is 1. The van der Waals surface area contributed by atoms with Crippen LogP contribution in [0.2, 0.25) is 0 Å². The van der Waals surface area contributed by atoms with Gasteiger partial charge < -0.3 is 19.3 Å². The lowest BCUT2D eigenvalue weighted by Gasteiger charge is -2.12. The first kappa shape index (κ1) is 17.1. The molecular formula is C17H18N2O5. The van der Waals surface area contributed by atoms with Gasteiger partial charge in [-0.25, -0.2) is 5.43 Å². The number of hydrogen-bond acceptors (Lipinski definition) is 6. The number of amides is 1. The fraction of sp³-hybridized carbons (Fsp3) is 0.176. The second kappa shape index (κ2) is 7.87. The monoisotopic (exact) mass is 330 g/mol. The molecule has 0 saturated carbocycles. The molecule has 0 aromatic heterocycles. The van der Waals surface area contributed by atoms with E-state index in [4.69, 9.17) is 14.2 Å². The summed E-state index contributed by atoms with van der Waals surface area (Å²) in [5.41, 5.74) is 3.34. The molecule has 2 N–H and O–H groups in total. The smallest absolute Gasteiger partial charge is 0.271 e. The molecular weight excluding hydrogens is 312 g/mol. The Morgan fingerprint density at radius 2 is 1.62 bits per heavy atom. The highest BCUT2D eigenvalue weighted by Crippen LogP contribution is 2.32. The fourth-order valence-corrected chi connectivity index (χ4v) is 1.99. The Labute approximate surface area is 139 Å². The summed E-state index contributed by atoms with van der Waals surface area (Å²) < 4.78 is 15.8. The Morgan fingerprint density at radius 3 is 2.12 bits per heavy atom. The highest BCUT2D eigenvalue weighted by atomic mass is 16.5. The first-order chi connectivity index (χ1) is 11.6. The van der Waals surface area contributed by atoms with Crippen molar-refractivity contribution in [3.05, 3.63) is 47.5 Å². The van der Waals surface area contributed by atoms with Crippen LogP contribution in [0.4, 0.5) is 0 Å². The molecule has 7 heteroatoms. The van der Waals surface area contributed by atoms with Crippen LogP contribution in [0.15, 0.2) is 41.5 Å². The number of phenolic OH excluding ortho intramolecular Hbond substituents is 1. The summed E-state index contributed by atoms with van der Waals surface area (Å²) in [6.07, 6.45) is 1.43. The van der Waals surface area contributed by atoms with Crippen molar-refractivity contribution in [1.29, 1.82) is 0 Å². The fourth-order valence-electron chi connectivity index (χ4n) is 1.99. The topological polar surface area (TPSA) is 89.4 Å². The molecule has 0 radical (unpaired) electrons. The minimum Gasteiger partial charge on any atom is -0.508 e. The Hall–Kier alpha value is -3.22. The van der Waals surface area contributed by atoms with Crippen molar-refractivity contribution in [2.24, 2.45) is 5.10 Å². The summed E-state index contributed by atoms with van der Waals surface area (Å²) in [5, 5.41) is 13.1. The van der Waals surface area contributed by atoms with E-state index in [2.05, 4.69) is 10.5 Å². The van der Waals surface area contributed by atoms with Crippen molar-refractivity contribution < 1.29 is 24.1 Å². The van der Waals surface area contributed by atoms with Crippen molar-refractivity contribution in [3.63, 3.8) is 0 Å². The molecule has 0 spiro atoms. The highest BCUT2D eigenvalue weighted by Gasteiger charge is 2.12. The number of methoxy groups -OCH3 is 3. The van der Waals surface area contributed by atoms with Crippen LogP contribution in [0.1, 0.15) is 15.9 Å². The Kier molecular flexibility index (Phi) is 5.62. The van der Waals surface area contributed by atoms with Gasteiger partial charge in [-0.3, -0.25) is 4.79 Å². The lowest BCUT2D eigenvalue weighted by molar-refractivity contribution is 0.0955. The number of aromatic hydroxyl groups is 1. The number of carbonyl (C=O) groups is 1. The second-order valence-corrected chi connectivity index (χ2v) is 4.69. The van der Waals surface area contributed by atoms with Gasteiger partial charge in [-0.05, 0) is 24.3 Å². The summed E-state index contributed by atoms with van der Waals surface area (Å²) >= 11 is 0. The van der Waals surface area contributed by atoms with Gasteiger partial charge in [0.05, 0.1) is 33.1 Å². The Morgan fingerprint density at radius 1 is 1.04 bits per heavy atom. The lowest BCUT2D eigenvalue weighted by Crippen LogP contribution is -2.17. The zero-order chi connectivity index (χ0) is 17.5. The molecule has 0 aliphatic heterocycles. The predicted molar refractivity (Wildman–Crippen MR) is 89.3 cm³/mol. The number of phenols is 1. The third-order valence-electron chi connectivity index (χ3n) is 3.24. The maximum absolute atomic E-state index is 12.0. The summed E-state index contributed by atoms with van der Waals surface area (Å²) in [6, 6.07) is 9.21. The van der Waals surface area contributed by atoms with Gasteiger partial charge in [0, 0.05) is 17.7 Å². The molecule has 24 heavy (non-hydrogen) atoms. The van der Waals surface area contributed by atoms with Crippen LogP contribution in [-0.2, 0) is 0 Å². The minimum absolute atomic E-state index is 0.0859. The maximum atomic E-state index is 12.0. The van der Waals surface area contributed by atoms with E-state index in [0.29, 0.717) is 28.4 Å². The van der Waals surface area contributed by atoms with E-state index in [0.717, 1.165) is 0 Å². The number of ether oxygens (including phenoxy) is 3. The average molecular weight is 330 g/mol. The van der Waals surface area contributed by atoms with E-state index in [1.54, 1.807) is 19.2 Å². The third-order valence-corrected chi connectivity index (χ3v) is 3.24. The molecule has 126 valence electrons. The van der Waals surface area contributed by atoms with Gasteiger partial charge in [-0.1, -0.05) is 0 Å². The van der Waals surface area contributed by atoms with E-state index >= 15 is 0 Å². The molecule has 0 bridgehead atoms. The first-order valence-electron chi connectivity index (χ1n) is 7.01. The molecule has 7 nitrogen and oxygen atoms in total. The molecule has 0 aliphatic rings. The summed E-state index contributed by atoms with van der Waals surface area (Å²) in [7, 11) is 4.57. The summed E-state index contributed by atoms with van der Waals surface area (Å²) in [4.78, 5) is 12.0. The molecule has 2 aromatic carbocycles. The second-order valence-electron chi connectivity index (χ2n) is 4.69. The quantitative estimate of drug-likeness (QED) is 0.626. The van der Waals surface area contributed by atoms with Crippen LogP contribution in [0.5, 0.6) is 23.0 Å². The van der Waals surface area contributed by atoms with Crippen LogP contribution < -0.4 is 19.6 Å². The van der Waals surface area contributed by atoms with Gasteiger partial charge >= 0.3 is 0 Å². The largest absolute Gasteiger partial charge is 0.508 e. The van der Waals surface area contributed by atoms with Crippen LogP contribution >= 0.6 is 0 Å². The third kappa shape index (κ3) is 3.95. The van der Waals surface area contributed by atoms with Crippen LogP contribution in [0, 0.1) is 0 Å². The molecule has 0 saturated heterocycles. The van der Waals surface area contributed by atoms with E-state index in [9.17, 15) is 9.90 Å². The zero-order valence-corrected chi connectivity index (χ0v) is 13.6. The van der Waals surface area contributed by atoms with E-state index in [1.165, 1.54) is 44.7 Å². The average Bonchev–Trinajstić information content (AvgIpc) is 2.61. The molecule has 0 fully saturated rings. The number of hydrogen-bond donors (Lipinski definition) is 2. The van der Waals surface area contributed by atoms with Crippen LogP contribution in [0.3, 0.4) is 0 Å². The van der Waals surface area contributed by atoms with Crippen molar-refractivity contribution in [2.45, 2.75) is 0 Å². The summed E-state index contributed by atoms with van der Waals surface area (Å²) in [5.74, 6) is 1.25. The van der Waals surface area contributed by atoms with E-state index < -0.39 is 5.91 Å². The van der Waals surface area contributed by atoms with Gasteiger partial charge in [0.25, 0.3) is 5.91 Å². The number of carbonyl (C=O) groups excluding carboxylic acids is 1. The normalized spacial score (nSPS) is 10.5. The number of hydrazone groups is 1. The van der Waals surface area contributed by atoms with E-state index in [-0.39, 0.29) is 5.75 Å². The highest BCUT2D eigenvalue weighted by molar-refractivity contribution is 5.95. The molecule has 0 heterocycles. The molecule has 0 atom stereocenters. The van der Waals surface area contributed by atoms with Gasteiger partial charge in [-0.2, -0.15) is 5.10 Å². The number of nitrogens with zero attached hydrogens (tertiary/aromatic N) is 1. The van der Waals surface area contributed by atoms with Crippen molar-refractivity contribution >= 4 is 12.1 Å². The lowest BCUT2D eigenvalue weighted by atomic mass is 10.2. The van der Waals surface area contributed by atoms with Crippen molar-refractivity contribution in [1.82, 2.24) is 5.43 Å². The molecule has 0 unspecified atom stereocenters. The van der Waals surface area contributed by atoms with Crippen molar-refractivity contribution in [3.8, 4) is 23.0 Å². The number of rotatable bonds is 6. The van der Waals surface area contributed by atoms with Gasteiger partial charge in [0.2, 0.25) is 0 Å². The SMILES string of the molecule is COc1cc(OC)c(/C=N/NC(=O)c2ccc(O)cc2)c(OC)c1. The standard InChI is InChI=1S/C17H18N2O5/c1-22-13-8-15(23-2)14(16(9-13)24-3)10-18-19-17(21)11-4-6-12(20)7-5-11/h4-10,20H,1-3H3,(H,19,21)/b18-10+. The predicted octanol–water partition coefficient (Wildman–Crippen LogP) is 2.18. The number of benzene rings is 2. The molecule has 2 aromatic rings. The first-order valence-corrected chi connectivity index (χ1v) is 7.01. The van der Waals surface area contributed by atoms with Crippen LogP contribution in [0.25, 0.3) is 0 Å².